The number of hydrogen-bond donors (Lipinski definition) is 2. The van der Waals surface area contributed by atoms with Gasteiger partial charge in [-0.1, -0.05) is 37.3 Å². The second kappa shape index (κ2) is 10.7. The summed E-state index contributed by atoms with van der Waals surface area (Å²) in [5.41, 5.74) is 5.32. The third-order valence-corrected chi connectivity index (χ3v) is 4.42. The van der Waals surface area contributed by atoms with E-state index in [0.717, 1.165) is 27.0 Å². The zero-order valence-corrected chi connectivity index (χ0v) is 16.8. The van der Waals surface area contributed by atoms with E-state index in [1.54, 1.807) is 0 Å². The van der Waals surface area contributed by atoms with Gasteiger partial charge in [-0.25, -0.2) is 5.43 Å². The predicted octanol–water partition coefficient (Wildman–Crippen LogP) is 4.13. The summed E-state index contributed by atoms with van der Waals surface area (Å²) in [4.78, 5) is 23.8. The van der Waals surface area contributed by atoms with Crippen molar-refractivity contribution in [3.63, 3.8) is 0 Å². The number of rotatable bonds is 8. The van der Waals surface area contributed by atoms with Gasteiger partial charge in [0.05, 0.1) is 0 Å². The van der Waals surface area contributed by atoms with Crippen molar-refractivity contribution in [3.05, 3.63) is 63.7 Å². The first-order chi connectivity index (χ1) is 12.6. The number of halogens is 1. The van der Waals surface area contributed by atoms with Crippen LogP contribution < -0.4 is 10.7 Å². The van der Waals surface area contributed by atoms with Crippen molar-refractivity contribution < 1.29 is 9.59 Å². The zero-order valence-electron chi connectivity index (χ0n) is 14.7. The molecule has 2 N–H and O–H groups in total. The van der Waals surface area contributed by atoms with Crippen molar-refractivity contribution in [2.75, 3.05) is 5.32 Å². The van der Waals surface area contributed by atoms with Crippen molar-refractivity contribution in [1.29, 1.82) is 0 Å². The lowest BCUT2D eigenvalue weighted by molar-refractivity contribution is -0.124. The SMILES string of the molecule is CC/C(Cc1ccccc1)=N/NC(=O)CCC(=O)Nc1ccc(I)cc1. The molecule has 0 radical (unpaired) electrons. The van der Waals surface area contributed by atoms with E-state index >= 15 is 0 Å². The first kappa shape index (κ1) is 20.1. The van der Waals surface area contributed by atoms with E-state index in [-0.39, 0.29) is 24.7 Å². The Bertz CT molecular complexity index is 758. The summed E-state index contributed by atoms with van der Waals surface area (Å²) in [6, 6.07) is 17.5. The van der Waals surface area contributed by atoms with Crippen molar-refractivity contribution >= 4 is 45.8 Å². The third kappa shape index (κ3) is 7.35. The van der Waals surface area contributed by atoms with E-state index in [4.69, 9.17) is 0 Å². The molecule has 0 heterocycles. The zero-order chi connectivity index (χ0) is 18.8. The van der Waals surface area contributed by atoms with Gasteiger partial charge in [0.25, 0.3) is 0 Å². The van der Waals surface area contributed by atoms with Crippen LogP contribution in [0.4, 0.5) is 5.69 Å². The minimum Gasteiger partial charge on any atom is -0.326 e. The first-order valence-electron chi connectivity index (χ1n) is 8.50. The van der Waals surface area contributed by atoms with Crippen molar-refractivity contribution in [3.8, 4) is 0 Å². The van der Waals surface area contributed by atoms with Crippen molar-refractivity contribution in [2.24, 2.45) is 5.10 Å². The number of anilines is 1. The van der Waals surface area contributed by atoms with Crippen LogP contribution in [0, 0.1) is 3.57 Å². The standard InChI is InChI=1S/C20H22IN3O2/c1-2-17(14-15-6-4-3-5-7-15)23-24-20(26)13-12-19(25)22-18-10-8-16(21)9-11-18/h3-11H,2,12-14H2,1H3,(H,22,25)(H,24,26)/b23-17-. The highest BCUT2D eigenvalue weighted by molar-refractivity contribution is 14.1. The number of carbonyl (C=O) groups is 2. The fraction of sp³-hybridized carbons (Fsp3) is 0.250. The molecule has 0 aliphatic heterocycles. The molecule has 2 rings (SSSR count). The summed E-state index contributed by atoms with van der Waals surface area (Å²) in [6.45, 7) is 2.00. The molecule has 0 aliphatic carbocycles. The molecule has 136 valence electrons. The Morgan fingerprint density at radius 3 is 2.27 bits per heavy atom. The molecule has 2 aromatic rings. The topological polar surface area (TPSA) is 70.6 Å². The molecule has 0 aliphatic rings. The van der Waals surface area contributed by atoms with E-state index < -0.39 is 0 Å². The summed E-state index contributed by atoms with van der Waals surface area (Å²) in [6.07, 6.45) is 1.67. The smallest absolute Gasteiger partial charge is 0.240 e. The first-order valence-corrected chi connectivity index (χ1v) is 9.58. The Labute approximate surface area is 167 Å². The van der Waals surface area contributed by atoms with Crippen LogP contribution in [0.5, 0.6) is 0 Å². The maximum atomic E-state index is 11.9. The number of hydrogen-bond acceptors (Lipinski definition) is 3. The monoisotopic (exact) mass is 463 g/mol. The Balaban J connectivity index is 1.76. The van der Waals surface area contributed by atoms with Crippen LogP contribution in [-0.2, 0) is 16.0 Å². The molecule has 0 spiro atoms. The molecular weight excluding hydrogens is 441 g/mol. The number of carbonyl (C=O) groups excluding carboxylic acids is 2. The Morgan fingerprint density at radius 1 is 0.962 bits per heavy atom. The maximum absolute atomic E-state index is 11.9. The van der Waals surface area contributed by atoms with E-state index in [2.05, 4.69) is 38.4 Å². The number of hydrazone groups is 1. The van der Waals surface area contributed by atoms with Gasteiger partial charge >= 0.3 is 0 Å². The number of amides is 2. The molecule has 0 bridgehead atoms. The molecule has 0 atom stereocenters. The minimum atomic E-state index is -0.262. The number of benzene rings is 2. The van der Waals surface area contributed by atoms with E-state index in [1.165, 1.54) is 0 Å². The van der Waals surface area contributed by atoms with Crippen LogP contribution in [-0.4, -0.2) is 17.5 Å². The number of nitrogens with zero attached hydrogens (tertiary/aromatic N) is 1. The summed E-state index contributed by atoms with van der Waals surface area (Å²) < 4.78 is 1.10. The van der Waals surface area contributed by atoms with Crippen LogP contribution in [0.3, 0.4) is 0 Å². The van der Waals surface area contributed by atoms with E-state index in [0.29, 0.717) is 6.42 Å². The van der Waals surface area contributed by atoms with E-state index in [9.17, 15) is 9.59 Å². The highest BCUT2D eigenvalue weighted by Crippen LogP contribution is 2.11. The quantitative estimate of drug-likeness (QED) is 0.351. The minimum absolute atomic E-state index is 0.0992. The van der Waals surface area contributed by atoms with Crippen LogP contribution >= 0.6 is 22.6 Å². The van der Waals surface area contributed by atoms with Gasteiger partial charge in [-0.05, 0) is 58.8 Å². The molecule has 6 heteroatoms. The van der Waals surface area contributed by atoms with Gasteiger partial charge in [0.1, 0.15) is 0 Å². The largest absolute Gasteiger partial charge is 0.326 e. The van der Waals surface area contributed by atoms with E-state index in [1.807, 2.05) is 61.5 Å². The summed E-state index contributed by atoms with van der Waals surface area (Å²) in [5.74, 6) is -0.452. The lowest BCUT2D eigenvalue weighted by Gasteiger charge is -2.06. The average molecular weight is 463 g/mol. The van der Waals surface area contributed by atoms with Gasteiger partial charge in [-0.3, -0.25) is 9.59 Å². The lowest BCUT2D eigenvalue weighted by Crippen LogP contribution is -2.22. The second-order valence-corrected chi connectivity index (χ2v) is 7.03. The highest BCUT2D eigenvalue weighted by Gasteiger charge is 2.07. The van der Waals surface area contributed by atoms with Crippen molar-refractivity contribution in [2.45, 2.75) is 32.6 Å². The van der Waals surface area contributed by atoms with Crippen LogP contribution in [0.2, 0.25) is 0 Å². The molecule has 0 saturated carbocycles. The Hall–Kier alpha value is -2.22. The van der Waals surface area contributed by atoms with Gasteiger partial charge < -0.3 is 5.32 Å². The van der Waals surface area contributed by atoms with Gasteiger partial charge in [-0.2, -0.15) is 5.10 Å². The normalized spacial score (nSPS) is 11.1. The fourth-order valence-electron chi connectivity index (χ4n) is 2.26. The summed E-state index contributed by atoms with van der Waals surface area (Å²) in [5, 5.41) is 6.97. The fourth-order valence-corrected chi connectivity index (χ4v) is 2.62. The molecule has 26 heavy (non-hydrogen) atoms. The average Bonchev–Trinajstić information content (AvgIpc) is 2.66. The molecule has 0 aromatic heterocycles. The molecular formula is C20H22IN3O2. The summed E-state index contributed by atoms with van der Waals surface area (Å²) >= 11 is 2.20. The molecule has 2 amide bonds. The molecule has 0 unspecified atom stereocenters. The third-order valence-electron chi connectivity index (χ3n) is 3.70. The second-order valence-electron chi connectivity index (χ2n) is 5.78. The predicted molar refractivity (Wildman–Crippen MR) is 113 cm³/mol. The van der Waals surface area contributed by atoms with Crippen LogP contribution in [0.25, 0.3) is 0 Å². The van der Waals surface area contributed by atoms with Gasteiger partial charge in [0, 0.05) is 34.2 Å². The van der Waals surface area contributed by atoms with Crippen LogP contribution in [0.15, 0.2) is 59.7 Å². The van der Waals surface area contributed by atoms with Gasteiger partial charge in [0.2, 0.25) is 11.8 Å². The molecule has 2 aromatic carbocycles. The highest BCUT2D eigenvalue weighted by atomic mass is 127. The van der Waals surface area contributed by atoms with Gasteiger partial charge in [0.15, 0.2) is 0 Å². The molecule has 0 saturated heterocycles. The van der Waals surface area contributed by atoms with Gasteiger partial charge in [-0.15, -0.1) is 0 Å². The molecule has 5 nitrogen and oxygen atoms in total. The van der Waals surface area contributed by atoms with Crippen molar-refractivity contribution in [1.82, 2.24) is 5.43 Å². The Morgan fingerprint density at radius 2 is 1.62 bits per heavy atom. The lowest BCUT2D eigenvalue weighted by atomic mass is 10.1. The molecule has 0 fully saturated rings. The Kier molecular flexibility index (Phi) is 8.27. The number of nitrogens with one attached hydrogen (secondary N) is 2. The van der Waals surface area contributed by atoms with Crippen LogP contribution in [0.1, 0.15) is 31.7 Å². The summed E-state index contributed by atoms with van der Waals surface area (Å²) in [7, 11) is 0. The maximum Gasteiger partial charge on any atom is 0.240 e.